The van der Waals surface area contributed by atoms with Gasteiger partial charge in [-0.2, -0.15) is 5.10 Å². The number of hydrogen-bond acceptors (Lipinski definition) is 7. The number of nitrogens with zero attached hydrogens (tertiary/aromatic N) is 7. The third-order valence-electron chi connectivity index (χ3n) is 7.90. The minimum Gasteiger partial charge on any atom is -0.356 e. The van der Waals surface area contributed by atoms with E-state index in [1.807, 2.05) is 37.2 Å². The second-order valence-electron chi connectivity index (χ2n) is 9.65. The zero-order valence-electron chi connectivity index (χ0n) is 19.0. The molecule has 1 unspecified atom stereocenters. The van der Waals surface area contributed by atoms with Gasteiger partial charge in [-0.25, -0.2) is 9.98 Å². The van der Waals surface area contributed by atoms with Gasteiger partial charge in [0.05, 0.1) is 17.7 Å². The quantitative estimate of drug-likeness (QED) is 0.619. The van der Waals surface area contributed by atoms with Crippen LogP contribution in [0.3, 0.4) is 0 Å². The van der Waals surface area contributed by atoms with E-state index in [0.717, 1.165) is 44.0 Å². The van der Waals surface area contributed by atoms with Gasteiger partial charge >= 0.3 is 0 Å². The third-order valence-corrected chi connectivity index (χ3v) is 9.16. The number of fused-ring (bicyclic) bond motifs is 3. The van der Waals surface area contributed by atoms with Crippen molar-refractivity contribution in [3.8, 4) is 0 Å². The summed E-state index contributed by atoms with van der Waals surface area (Å²) in [5, 5.41) is 4.47. The van der Waals surface area contributed by atoms with Crippen molar-refractivity contribution in [2.45, 2.75) is 37.2 Å². The lowest BCUT2D eigenvalue weighted by Crippen LogP contribution is -2.47. The fourth-order valence-electron chi connectivity index (χ4n) is 5.85. The summed E-state index contributed by atoms with van der Waals surface area (Å²) in [6, 6.07) is 4.29. The fourth-order valence-corrected chi connectivity index (χ4v) is 6.90. The van der Waals surface area contributed by atoms with Crippen molar-refractivity contribution >= 4 is 29.5 Å². The van der Waals surface area contributed by atoms with Crippen LogP contribution >= 0.6 is 11.8 Å². The van der Waals surface area contributed by atoms with E-state index in [4.69, 9.17) is 10.7 Å². The van der Waals surface area contributed by atoms with Crippen molar-refractivity contribution in [2.75, 3.05) is 13.1 Å². The Balaban J connectivity index is 1.12. The molecule has 172 valence electrons. The molecule has 8 nitrogen and oxygen atoms in total. The molecule has 7 rings (SSSR count). The zero-order valence-corrected chi connectivity index (χ0v) is 19.8. The molecule has 3 aromatic heterocycles. The molecule has 34 heavy (non-hydrogen) atoms. The van der Waals surface area contributed by atoms with Gasteiger partial charge in [0.15, 0.2) is 0 Å². The highest BCUT2D eigenvalue weighted by Crippen LogP contribution is 2.48. The third kappa shape index (κ3) is 2.89. The maximum atomic E-state index is 6.68. The van der Waals surface area contributed by atoms with Crippen molar-refractivity contribution in [3.63, 3.8) is 0 Å². The summed E-state index contributed by atoms with van der Waals surface area (Å²) in [5.41, 5.74) is 11.3. The predicted molar refractivity (Wildman–Crippen MR) is 134 cm³/mol. The van der Waals surface area contributed by atoms with E-state index < -0.39 is 0 Å². The van der Waals surface area contributed by atoms with E-state index in [9.17, 15) is 0 Å². The molecule has 0 bridgehead atoms. The molecule has 0 aliphatic carbocycles. The highest BCUT2D eigenvalue weighted by Gasteiger charge is 2.47. The lowest BCUT2D eigenvalue weighted by Gasteiger charge is -2.43. The minimum atomic E-state index is 0.0609. The van der Waals surface area contributed by atoms with Gasteiger partial charge in [0, 0.05) is 89.4 Å². The summed E-state index contributed by atoms with van der Waals surface area (Å²) >= 11 is 1.77. The van der Waals surface area contributed by atoms with Crippen LogP contribution < -0.4 is 5.73 Å². The number of amidine groups is 1. The van der Waals surface area contributed by atoms with Crippen LogP contribution in [-0.4, -0.2) is 49.2 Å². The first-order valence-corrected chi connectivity index (χ1v) is 12.6. The summed E-state index contributed by atoms with van der Waals surface area (Å²) in [6.45, 7) is 4.96. The number of aryl methyl sites for hydroxylation is 1. The number of hydrogen-bond donors (Lipinski definition) is 1. The SMILES string of the molecule is Cc1c(SC2=CN=C(N3CCC4(CC3)Cn3nccc3[C@H]4N)C3=CN=CC23)ccn2ccnc12. The summed E-state index contributed by atoms with van der Waals surface area (Å²) in [5.74, 6) is 1.22. The van der Waals surface area contributed by atoms with Crippen LogP contribution in [0.5, 0.6) is 0 Å². The first-order chi connectivity index (χ1) is 16.6. The molecule has 4 aliphatic heterocycles. The van der Waals surface area contributed by atoms with Gasteiger partial charge in [-0.05, 0) is 31.9 Å². The number of imidazole rings is 1. The molecule has 0 aromatic carbocycles. The highest BCUT2D eigenvalue weighted by molar-refractivity contribution is 8.03. The molecule has 1 spiro atoms. The number of likely N-dealkylation sites (tertiary alicyclic amines) is 1. The normalized spacial score (nSPS) is 24.9. The van der Waals surface area contributed by atoms with Crippen LogP contribution in [0, 0.1) is 18.3 Å². The van der Waals surface area contributed by atoms with Crippen LogP contribution in [0.2, 0.25) is 0 Å². The van der Waals surface area contributed by atoms with Gasteiger partial charge in [0.25, 0.3) is 0 Å². The summed E-state index contributed by atoms with van der Waals surface area (Å²) in [4.78, 5) is 18.8. The largest absolute Gasteiger partial charge is 0.356 e. The molecule has 4 aliphatic rings. The number of nitrogens with two attached hydrogens (primary N) is 1. The monoisotopic (exact) mass is 470 g/mol. The number of allylic oxidation sites excluding steroid dienone is 1. The van der Waals surface area contributed by atoms with Gasteiger partial charge in [-0.3, -0.25) is 9.67 Å². The Morgan fingerprint density at radius 2 is 2.00 bits per heavy atom. The highest BCUT2D eigenvalue weighted by atomic mass is 32.2. The summed E-state index contributed by atoms with van der Waals surface area (Å²) in [7, 11) is 0. The predicted octanol–water partition coefficient (Wildman–Crippen LogP) is 3.57. The van der Waals surface area contributed by atoms with E-state index in [1.54, 1.807) is 11.8 Å². The van der Waals surface area contributed by atoms with E-state index in [1.165, 1.54) is 26.6 Å². The topological polar surface area (TPSA) is 89.1 Å². The van der Waals surface area contributed by atoms with E-state index in [-0.39, 0.29) is 17.4 Å². The molecule has 1 saturated heterocycles. The van der Waals surface area contributed by atoms with Gasteiger partial charge in [0.2, 0.25) is 0 Å². The average molecular weight is 471 g/mol. The van der Waals surface area contributed by atoms with Crippen LogP contribution in [-0.2, 0) is 6.54 Å². The average Bonchev–Trinajstić information content (AvgIpc) is 3.64. The smallest absolute Gasteiger partial charge is 0.140 e. The van der Waals surface area contributed by atoms with Crippen LogP contribution in [0.25, 0.3) is 5.65 Å². The number of thioether (sulfide) groups is 1. The molecule has 0 saturated carbocycles. The van der Waals surface area contributed by atoms with Crippen LogP contribution in [0.1, 0.15) is 30.1 Å². The Labute approximate surface area is 202 Å². The maximum Gasteiger partial charge on any atom is 0.140 e. The van der Waals surface area contributed by atoms with Gasteiger partial charge in [-0.1, -0.05) is 11.8 Å². The number of aliphatic imine (C=N–C) groups is 2. The Bertz CT molecular complexity index is 1420. The van der Waals surface area contributed by atoms with Crippen molar-refractivity contribution in [1.82, 2.24) is 24.1 Å². The second kappa shape index (κ2) is 7.41. The number of aromatic nitrogens is 4. The Kier molecular flexibility index (Phi) is 4.41. The first-order valence-electron chi connectivity index (χ1n) is 11.8. The van der Waals surface area contributed by atoms with E-state index in [2.05, 4.69) is 54.3 Å². The van der Waals surface area contributed by atoms with Crippen molar-refractivity contribution in [2.24, 2.45) is 27.1 Å². The molecular formula is C25H26N8S. The van der Waals surface area contributed by atoms with Crippen molar-refractivity contribution in [3.05, 3.63) is 71.1 Å². The Morgan fingerprint density at radius 1 is 1.12 bits per heavy atom. The lowest BCUT2D eigenvalue weighted by molar-refractivity contribution is 0.115. The number of piperidine rings is 1. The molecule has 2 N–H and O–H groups in total. The molecule has 0 amide bonds. The molecule has 0 radical (unpaired) electrons. The van der Waals surface area contributed by atoms with E-state index >= 15 is 0 Å². The van der Waals surface area contributed by atoms with Gasteiger partial charge in [0.1, 0.15) is 11.5 Å². The number of pyridine rings is 1. The molecular weight excluding hydrogens is 444 g/mol. The van der Waals surface area contributed by atoms with Crippen molar-refractivity contribution in [1.29, 1.82) is 0 Å². The maximum absolute atomic E-state index is 6.68. The van der Waals surface area contributed by atoms with Crippen LogP contribution in [0.15, 0.2) is 74.7 Å². The summed E-state index contributed by atoms with van der Waals surface area (Å²) < 4.78 is 4.15. The minimum absolute atomic E-state index is 0.0609. The summed E-state index contributed by atoms with van der Waals surface area (Å²) in [6.07, 6.45) is 15.9. The van der Waals surface area contributed by atoms with Crippen LogP contribution in [0.4, 0.5) is 0 Å². The van der Waals surface area contributed by atoms with E-state index in [0.29, 0.717) is 0 Å². The van der Waals surface area contributed by atoms with Gasteiger partial charge in [-0.15, -0.1) is 0 Å². The standard InChI is InChI=1S/C25H26N8S/c1-16-20(3-8-31-11-7-28-23(16)31)34-21-14-29-24(18-13-27-12-17(18)21)32-9-4-25(5-10-32)15-33-19(22(25)26)2-6-30-33/h2-3,6-8,11-14,17,22H,4-5,9-10,15,26H2,1H3/t17?,22-/m1/s1. The molecule has 7 heterocycles. The Morgan fingerprint density at radius 3 is 2.85 bits per heavy atom. The fraction of sp³-hybridized carbons (Fsp3) is 0.360. The zero-order chi connectivity index (χ0) is 22.9. The molecule has 3 aromatic rings. The first kappa shape index (κ1) is 20.2. The lowest BCUT2D eigenvalue weighted by atomic mass is 9.73. The molecule has 2 atom stereocenters. The molecule has 9 heteroatoms. The number of rotatable bonds is 2. The second-order valence-corrected chi connectivity index (χ2v) is 10.8. The van der Waals surface area contributed by atoms with Crippen molar-refractivity contribution < 1.29 is 0 Å². The Hall–Kier alpha value is -3.17. The molecule has 1 fully saturated rings. The van der Waals surface area contributed by atoms with Gasteiger partial charge < -0.3 is 15.0 Å².